The normalized spacial score (nSPS) is 9.71. The third kappa shape index (κ3) is 3.98. The molecule has 17 heavy (non-hydrogen) atoms. The van der Waals surface area contributed by atoms with E-state index in [4.69, 9.17) is 5.73 Å². The van der Waals surface area contributed by atoms with Gasteiger partial charge in [-0.1, -0.05) is 0 Å². The molecule has 92 valence electrons. The number of hydrogen-bond donors (Lipinski definition) is 4. The lowest BCUT2D eigenvalue weighted by Crippen LogP contribution is -2.37. The van der Waals surface area contributed by atoms with E-state index in [0.717, 1.165) is 18.2 Å². The van der Waals surface area contributed by atoms with E-state index in [1.165, 1.54) is 0 Å². The smallest absolute Gasteiger partial charge is 0.312 e. The highest BCUT2D eigenvalue weighted by Crippen LogP contribution is 2.17. The number of rotatable bonds is 4. The quantitative estimate of drug-likeness (QED) is 0.554. The Balaban J connectivity index is 2.52. The number of halogens is 1. The molecule has 0 saturated carbocycles. The van der Waals surface area contributed by atoms with Crippen LogP contribution in [0, 0.1) is 5.82 Å². The first-order valence-corrected chi connectivity index (χ1v) is 4.80. The SMILES string of the molecule is NC(=O)NCCNC(=O)c1cc(F)ccc1O. The van der Waals surface area contributed by atoms with E-state index in [-0.39, 0.29) is 24.4 Å². The first kappa shape index (κ1) is 12.8. The van der Waals surface area contributed by atoms with Crippen molar-refractivity contribution in [3.8, 4) is 5.75 Å². The van der Waals surface area contributed by atoms with E-state index in [1.54, 1.807) is 0 Å². The minimum absolute atomic E-state index is 0.123. The van der Waals surface area contributed by atoms with Gasteiger partial charge in [-0.25, -0.2) is 9.18 Å². The number of hydrogen-bond acceptors (Lipinski definition) is 3. The Morgan fingerprint density at radius 1 is 1.29 bits per heavy atom. The van der Waals surface area contributed by atoms with E-state index in [9.17, 15) is 19.1 Å². The molecule has 0 heterocycles. The zero-order valence-corrected chi connectivity index (χ0v) is 8.87. The summed E-state index contributed by atoms with van der Waals surface area (Å²) in [7, 11) is 0. The van der Waals surface area contributed by atoms with E-state index in [0.29, 0.717) is 0 Å². The Morgan fingerprint density at radius 2 is 1.94 bits per heavy atom. The van der Waals surface area contributed by atoms with Crippen molar-refractivity contribution in [3.05, 3.63) is 29.6 Å². The van der Waals surface area contributed by atoms with Crippen molar-refractivity contribution in [2.45, 2.75) is 0 Å². The van der Waals surface area contributed by atoms with Gasteiger partial charge in [0.2, 0.25) is 0 Å². The molecule has 0 spiro atoms. The van der Waals surface area contributed by atoms with Crippen molar-refractivity contribution in [2.75, 3.05) is 13.1 Å². The van der Waals surface area contributed by atoms with Crippen LogP contribution in [0.4, 0.5) is 9.18 Å². The summed E-state index contributed by atoms with van der Waals surface area (Å²) in [5, 5.41) is 14.0. The number of benzene rings is 1. The molecule has 6 nitrogen and oxygen atoms in total. The van der Waals surface area contributed by atoms with E-state index in [2.05, 4.69) is 10.6 Å². The Bertz CT molecular complexity index is 437. The van der Waals surface area contributed by atoms with Gasteiger partial charge in [0, 0.05) is 13.1 Å². The first-order valence-electron chi connectivity index (χ1n) is 4.80. The minimum atomic E-state index is -0.701. The molecule has 0 aliphatic carbocycles. The number of phenols is 1. The Hall–Kier alpha value is -2.31. The number of carbonyl (C=O) groups is 2. The molecule has 0 unspecified atom stereocenters. The molecule has 0 atom stereocenters. The molecule has 0 fully saturated rings. The number of carbonyl (C=O) groups excluding carboxylic acids is 2. The predicted octanol–water partition coefficient (Wildman–Crippen LogP) is -0.0706. The molecule has 7 heteroatoms. The third-order valence-electron chi connectivity index (χ3n) is 1.91. The van der Waals surface area contributed by atoms with Crippen molar-refractivity contribution in [1.82, 2.24) is 10.6 Å². The molecule has 0 radical (unpaired) electrons. The zero-order valence-electron chi connectivity index (χ0n) is 8.87. The predicted molar refractivity (Wildman–Crippen MR) is 58.0 cm³/mol. The van der Waals surface area contributed by atoms with Crippen LogP contribution in [0.1, 0.15) is 10.4 Å². The second-order valence-corrected chi connectivity index (χ2v) is 3.21. The van der Waals surface area contributed by atoms with Gasteiger partial charge in [-0.3, -0.25) is 4.79 Å². The third-order valence-corrected chi connectivity index (χ3v) is 1.91. The number of nitrogens with one attached hydrogen (secondary N) is 2. The number of aromatic hydroxyl groups is 1. The van der Waals surface area contributed by atoms with Crippen molar-refractivity contribution >= 4 is 11.9 Å². The molecular formula is C10H12FN3O3. The van der Waals surface area contributed by atoms with Crippen LogP contribution in [-0.4, -0.2) is 30.1 Å². The monoisotopic (exact) mass is 241 g/mol. The Labute approximate surface area is 96.6 Å². The summed E-state index contributed by atoms with van der Waals surface area (Å²) >= 11 is 0. The lowest BCUT2D eigenvalue weighted by molar-refractivity contribution is 0.0950. The van der Waals surface area contributed by atoms with Gasteiger partial charge < -0.3 is 21.5 Å². The molecular weight excluding hydrogens is 229 g/mol. The van der Waals surface area contributed by atoms with Crippen molar-refractivity contribution in [1.29, 1.82) is 0 Å². The molecule has 1 aromatic carbocycles. The van der Waals surface area contributed by atoms with Gasteiger partial charge in [0.25, 0.3) is 5.91 Å². The molecule has 0 bridgehead atoms. The lowest BCUT2D eigenvalue weighted by Gasteiger charge is -2.07. The van der Waals surface area contributed by atoms with Crippen molar-refractivity contribution in [2.24, 2.45) is 5.73 Å². The summed E-state index contributed by atoms with van der Waals surface area (Å²) in [6.45, 7) is 0.273. The minimum Gasteiger partial charge on any atom is -0.507 e. The number of amides is 3. The molecule has 1 aromatic rings. The maximum absolute atomic E-state index is 12.8. The van der Waals surface area contributed by atoms with E-state index < -0.39 is 17.8 Å². The van der Waals surface area contributed by atoms with Gasteiger partial charge in [-0.15, -0.1) is 0 Å². The Kier molecular flexibility index (Phi) is 4.27. The average molecular weight is 241 g/mol. The van der Waals surface area contributed by atoms with Gasteiger partial charge in [-0.2, -0.15) is 0 Å². The molecule has 0 aromatic heterocycles. The standard InChI is InChI=1S/C10H12FN3O3/c11-6-1-2-8(15)7(5-6)9(16)13-3-4-14-10(12)17/h1-2,5,15H,3-4H2,(H,13,16)(H3,12,14,17). The zero-order chi connectivity index (χ0) is 12.8. The molecule has 3 amide bonds. The molecule has 1 rings (SSSR count). The van der Waals surface area contributed by atoms with Crippen LogP contribution in [0.3, 0.4) is 0 Å². The van der Waals surface area contributed by atoms with Gasteiger partial charge >= 0.3 is 6.03 Å². The van der Waals surface area contributed by atoms with Crippen LogP contribution in [0.2, 0.25) is 0 Å². The second-order valence-electron chi connectivity index (χ2n) is 3.21. The first-order chi connectivity index (χ1) is 8.00. The fourth-order valence-electron chi connectivity index (χ4n) is 1.15. The van der Waals surface area contributed by atoms with Crippen molar-refractivity contribution < 1.29 is 19.1 Å². The summed E-state index contributed by atoms with van der Waals surface area (Å²) in [6, 6.07) is 2.35. The van der Waals surface area contributed by atoms with Gasteiger partial charge in [0.1, 0.15) is 11.6 Å². The Morgan fingerprint density at radius 3 is 2.59 bits per heavy atom. The van der Waals surface area contributed by atoms with Gasteiger partial charge in [-0.05, 0) is 18.2 Å². The van der Waals surface area contributed by atoms with Crippen LogP contribution >= 0.6 is 0 Å². The highest BCUT2D eigenvalue weighted by Gasteiger charge is 2.11. The summed E-state index contributed by atoms with van der Waals surface area (Å²) in [4.78, 5) is 21.8. The highest BCUT2D eigenvalue weighted by atomic mass is 19.1. The molecule has 0 aliphatic rings. The van der Waals surface area contributed by atoms with E-state index in [1.807, 2.05) is 0 Å². The largest absolute Gasteiger partial charge is 0.507 e. The molecule has 5 N–H and O–H groups in total. The topological polar surface area (TPSA) is 104 Å². The summed E-state index contributed by atoms with van der Waals surface area (Å²) < 4.78 is 12.8. The average Bonchev–Trinajstić information content (AvgIpc) is 2.27. The summed E-state index contributed by atoms with van der Waals surface area (Å²) in [5.41, 5.74) is 4.65. The van der Waals surface area contributed by atoms with Crippen LogP contribution < -0.4 is 16.4 Å². The maximum atomic E-state index is 12.8. The van der Waals surface area contributed by atoms with Crippen molar-refractivity contribution in [3.63, 3.8) is 0 Å². The van der Waals surface area contributed by atoms with Crippen LogP contribution in [0.15, 0.2) is 18.2 Å². The fourth-order valence-corrected chi connectivity index (χ4v) is 1.15. The number of urea groups is 1. The van der Waals surface area contributed by atoms with E-state index >= 15 is 0 Å². The number of phenolic OH excluding ortho intramolecular Hbond substituents is 1. The van der Waals surface area contributed by atoms with Crippen LogP contribution in [0.25, 0.3) is 0 Å². The van der Waals surface area contributed by atoms with Crippen LogP contribution in [0.5, 0.6) is 5.75 Å². The van der Waals surface area contributed by atoms with Gasteiger partial charge in [0.05, 0.1) is 5.56 Å². The van der Waals surface area contributed by atoms with Crippen LogP contribution in [-0.2, 0) is 0 Å². The molecule has 0 aliphatic heterocycles. The number of primary amides is 1. The summed E-state index contributed by atoms with van der Waals surface area (Å²) in [5.74, 6) is -1.57. The highest BCUT2D eigenvalue weighted by molar-refractivity contribution is 5.96. The maximum Gasteiger partial charge on any atom is 0.312 e. The molecule has 0 saturated heterocycles. The summed E-state index contributed by atoms with van der Waals surface area (Å²) in [6.07, 6.45) is 0. The second kappa shape index (κ2) is 5.69. The van der Waals surface area contributed by atoms with Gasteiger partial charge in [0.15, 0.2) is 0 Å². The lowest BCUT2D eigenvalue weighted by atomic mass is 10.2. The fraction of sp³-hybridized carbons (Fsp3) is 0.200. The number of nitrogens with two attached hydrogens (primary N) is 1.